The van der Waals surface area contributed by atoms with E-state index in [1.807, 2.05) is 35.7 Å². The maximum atomic E-state index is 11.6. The molecule has 4 nitrogen and oxygen atoms in total. The Balaban J connectivity index is 2.04. The lowest BCUT2D eigenvalue weighted by Crippen LogP contribution is -2.03. The first-order valence-corrected chi connectivity index (χ1v) is 5.91. The smallest absolute Gasteiger partial charge is 0.349 e. The van der Waals surface area contributed by atoms with Crippen LogP contribution in [0.1, 0.15) is 0 Å². The van der Waals surface area contributed by atoms with E-state index < -0.39 is 0 Å². The summed E-state index contributed by atoms with van der Waals surface area (Å²) in [6.07, 6.45) is 0. The van der Waals surface area contributed by atoms with Gasteiger partial charge in [-0.3, -0.25) is 0 Å². The number of para-hydroxylation sites is 1. The highest BCUT2D eigenvalue weighted by Gasteiger charge is 2.06. The molecule has 1 aromatic carbocycles. The fourth-order valence-corrected chi connectivity index (χ4v) is 2.25. The van der Waals surface area contributed by atoms with Crippen molar-refractivity contribution in [2.24, 2.45) is 0 Å². The van der Waals surface area contributed by atoms with E-state index in [1.54, 1.807) is 6.07 Å². The Kier molecular flexibility index (Phi) is 2.38. The minimum atomic E-state index is -0.366. The van der Waals surface area contributed by atoms with Crippen LogP contribution < -0.4 is 10.9 Å². The molecule has 3 aromatic rings. The molecule has 0 radical (unpaired) electrons. The van der Waals surface area contributed by atoms with Crippen molar-refractivity contribution in [3.8, 4) is 0 Å². The fraction of sp³-hybridized carbons (Fsp3) is 0. The molecule has 0 fully saturated rings. The highest BCUT2D eigenvalue weighted by atomic mass is 32.1. The summed E-state index contributed by atoms with van der Waals surface area (Å²) in [6.45, 7) is 0. The van der Waals surface area contributed by atoms with Gasteiger partial charge in [0.25, 0.3) is 0 Å². The first-order valence-electron chi connectivity index (χ1n) is 5.03. The molecule has 0 unspecified atom stereocenters. The Labute approximate surface area is 101 Å². The Morgan fingerprint density at radius 3 is 2.82 bits per heavy atom. The van der Waals surface area contributed by atoms with Crippen molar-refractivity contribution in [2.45, 2.75) is 0 Å². The summed E-state index contributed by atoms with van der Waals surface area (Å²) in [5.41, 5.74) is 0.466. The van der Waals surface area contributed by atoms with Gasteiger partial charge in [0.05, 0.1) is 5.39 Å². The lowest BCUT2D eigenvalue weighted by molar-refractivity contribution is 0.522. The second-order valence-corrected chi connectivity index (χ2v) is 4.33. The van der Waals surface area contributed by atoms with E-state index in [9.17, 15) is 4.79 Å². The van der Waals surface area contributed by atoms with Crippen LogP contribution in [-0.4, -0.2) is 4.98 Å². The summed E-state index contributed by atoms with van der Waals surface area (Å²) in [5.74, 6) is 0. The number of nitrogens with one attached hydrogen (secondary N) is 1. The third kappa shape index (κ3) is 1.92. The van der Waals surface area contributed by atoms with E-state index >= 15 is 0 Å². The van der Waals surface area contributed by atoms with E-state index in [2.05, 4.69) is 10.3 Å². The standard InChI is InChI=1S/C12H8N2O2S/c15-11-9-6-7-17-10(9)14-12(16-11)13-8-4-2-1-3-5-8/h1-7H,(H,13,14). The molecule has 0 saturated heterocycles. The third-order valence-electron chi connectivity index (χ3n) is 2.28. The maximum Gasteiger partial charge on any atom is 0.349 e. The van der Waals surface area contributed by atoms with Crippen LogP contribution in [0.2, 0.25) is 0 Å². The van der Waals surface area contributed by atoms with Gasteiger partial charge in [-0.2, -0.15) is 4.98 Å². The van der Waals surface area contributed by atoms with Crippen molar-refractivity contribution >= 4 is 33.3 Å². The van der Waals surface area contributed by atoms with E-state index in [-0.39, 0.29) is 11.6 Å². The second-order valence-electron chi connectivity index (χ2n) is 3.44. The van der Waals surface area contributed by atoms with Crippen molar-refractivity contribution in [2.75, 3.05) is 5.32 Å². The van der Waals surface area contributed by atoms with Crippen LogP contribution in [0.15, 0.2) is 51.0 Å². The lowest BCUT2D eigenvalue weighted by Gasteiger charge is -2.02. The van der Waals surface area contributed by atoms with Gasteiger partial charge < -0.3 is 9.73 Å². The van der Waals surface area contributed by atoms with Gasteiger partial charge in [0.15, 0.2) is 0 Å². The molecule has 17 heavy (non-hydrogen) atoms. The monoisotopic (exact) mass is 244 g/mol. The van der Waals surface area contributed by atoms with Crippen LogP contribution in [0.5, 0.6) is 0 Å². The Morgan fingerprint density at radius 2 is 2.00 bits per heavy atom. The predicted octanol–water partition coefficient (Wildman–Crippen LogP) is 2.99. The van der Waals surface area contributed by atoms with Gasteiger partial charge >= 0.3 is 11.6 Å². The van der Waals surface area contributed by atoms with Gasteiger partial charge in [-0.25, -0.2) is 4.79 Å². The molecule has 0 bridgehead atoms. The van der Waals surface area contributed by atoms with Crippen LogP contribution in [0, 0.1) is 0 Å². The van der Waals surface area contributed by atoms with E-state index in [0.29, 0.717) is 10.2 Å². The highest BCUT2D eigenvalue weighted by molar-refractivity contribution is 7.16. The Hall–Kier alpha value is -2.14. The molecule has 0 aliphatic carbocycles. The zero-order valence-corrected chi connectivity index (χ0v) is 9.53. The number of anilines is 2. The number of thiophene rings is 1. The molecular formula is C12H8N2O2S. The first kappa shape index (κ1) is 10.0. The van der Waals surface area contributed by atoms with Gasteiger partial charge in [-0.05, 0) is 23.6 Å². The number of hydrogen-bond acceptors (Lipinski definition) is 5. The second kappa shape index (κ2) is 4.03. The molecule has 2 heterocycles. The summed E-state index contributed by atoms with van der Waals surface area (Å²) in [6, 6.07) is 11.4. The van der Waals surface area contributed by atoms with Crippen molar-refractivity contribution in [1.82, 2.24) is 4.98 Å². The third-order valence-corrected chi connectivity index (χ3v) is 3.09. The Bertz CT molecular complexity index is 703. The van der Waals surface area contributed by atoms with Crippen molar-refractivity contribution in [3.63, 3.8) is 0 Å². The quantitative estimate of drug-likeness (QED) is 0.753. The fourth-order valence-electron chi connectivity index (χ4n) is 1.50. The molecule has 1 N–H and O–H groups in total. The number of nitrogens with zero attached hydrogens (tertiary/aromatic N) is 1. The van der Waals surface area contributed by atoms with Crippen LogP contribution in [0.3, 0.4) is 0 Å². The van der Waals surface area contributed by atoms with Crippen LogP contribution >= 0.6 is 11.3 Å². The summed E-state index contributed by atoms with van der Waals surface area (Å²) in [5, 5.41) is 5.30. The van der Waals surface area contributed by atoms with E-state index in [0.717, 1.165) is 5.69 Å². The molecule has 3 rings (SSSR count). The minimum absolute atomic E-state index is 0.219. The summed E-state index contributed by atoms with van der Waals surface area (Å²) in [4.78, 5) is 16.5. The topological polar surface area (TPSA) is 55.1 Å². The lowest BCUT2D eigenvalue weighted by atomic mass is 10.3. The van der Waals surface area contributed by atoms with Gasteiger partial charge in [-0.1, -0.05) is 18.2 Å². The molecular weight excluding hydrogens is 236 g/mol. The maximum absolute atomic E-state index is 11.6. The normalized spacial score (nSPS) is 10.6. The molecule has 0 aliphatic rings. The molecule has 0 amide bonds. The molecule has 0 spiro atoms. The SMILES string of the molecule is O=c1oc(Nc2ccccc2)nc2sccc12. The predicted molar refractivity (Wildman–Crippen MR) is 67.9 cm³/mol. The molecule has 0 saturated carbocycles. The largest absolute Gasteiger partial charge is 0.388 e. The van der Waals surface area contributed by atoms with Crippen molar-refractivity contribution < 1.29 is 4.42 Å². The van der Waals surface area contributed by atoms with E-state index in [1.165, 1.54) is 11.3 Å². The number of benzene rings is 1. The Morgan fingerprint density at radius 1 is 1.18 bits per heavy atom. The summed E-state index contributed by atoms with van der Waals surface area (Å²) < 4.78 is 5.08. The minimum Gasteiger partial charge on any atom is -0.388 e. The molecule has 2 aromatic heterocycles. The number of aromatic nitrogens is 1. The number of fused-ring (bicyclic) bond motifs is 1. The van der Waals surface area contributed by atoms with Gasteiger partial charge in [0, 0.05) is 5.69 Å². The highest BCUT2D eigenvalue weighted by Crippen LogP contribution is 2.19. The van der Waals surface area contributed by atoms with Gasteiger partial charge in [-0.15, -0.1) is 11.3 Å². The zero-order chi connectivity index (χ0) is 11.7. The first-order chi connectivity index (χ1) is 8.33. The number of hydrogen-bond donors (Lipinski definition) is 1. The van der Waals surface area contributed by atoms with E-state index in [4.69, 9.17) is 4.42 Å². The molecule has 84 valence electrons. The van der Waals surface area contributed by atoms with Crippen molar-refractivity contribution in [1.29, 1.82) is 0 Å². The molecule has 5 heteroatoms. The number of rotatable bonds is 2. The average Bonchev–Trinajstić information content (AvgIpc) is 2.79. The average molecular weight is 244 g/mol. The van der Waals surface area contributed by atoms with Crippen molar-refractivity contribution in [3.05, 3.63) is 52.2 Å². The zero-order valence-electron chi connectivity index (χ0n) is 8.71. The van der Waals surface area contributed by atoms with Crippen LogP contribution in [0.25, 0.3) is 10.2 Å². The van der Waals surface area contributed by atoms with Gasteiger partial charge in [0.2, 0.25) is 0 Å². The molecule has 0 aliphatic heterocycles. The van der Waals surface area contributed by atoms with Gasteiger partial charge in [0.1, 0.15) is 4.83 Å². The van der Waals surface area contributed by atoms with Crippen LogP contribution in [-0.2, 0) is 0 Å². The van der Waals surface area contributed by atoms with Crippen LogP contribution in [0.4, 0.5) is 11.7 Å². The summed E-state index contributed by atoms with van der Waals surface area (Å²) >= 11 is 1.42. The molecule has 0 atom stereocenters. The summed E-state index contributed by atoms with van der Waals surface area (Å²) in [7, 11) is 0.